The second kappa shape index (κ2) is 5.54. The van der Waals surface area contributed by atoms with Gasteiger partial charge in [0.05, 0.1) is 39.4 Å². The van der Waals surface area contributed by atoms with Crippen molar-refractivity contribution in [2.24, 2.45) is 0 Å². The first kappa shape index (κ1) is 15.0. The number of hydrogen-bond acceptors (Lipinski definition) is 6. The van der Waals surface area contributed by atoms with Crippen LogP contribution in [-0.4, -0.2) is 25.0 Å². The largest absolute Gasteiger partial charge is 0.387 e. The molecule has 3 aromatic heterocycles. The molecule has 6 nitrogen and oxygen atoms in total. The lowest BCUT2D eigenvalue weighted by molar-refractivity contribution is 0.169. The third-order valence-corrected chi connectivity index (χ3v) is 5.14. The molecule has 0 radical (unpaired) electrons. The molecule has 0 spiro atoms. The second-order valence-electron chi connectivity index (χ2n) is 5.80. The number of aryl methyl sites for hydroxylation is 1. The summed E-state index contributed by atoms with van der Waals surface area (Å²) in [6.07, 6.45) is 3.58. The number of hydrogen-bond donors (Lipinski definition) is 3. The van der Waals surface area contributed by atoms with Crippen LogP contribution in [0.2, 0.25) is 0 Å². The first-order valence-electron chi connectivity index (χ1n) is 7.75. The Bertz CT molecular complexity index is 1050. The van der Waals surface area contributed by atoms with Crippen LogP contribution in [0.25, 0.3) is 32.4 Å². The SMILES string of the molecule is CCC(O)c1cc(C)c(-c2cc3nc(N)sc3c3[nH]cnc23)cn1. The van der Waals surface area contributed by atoms with E-state index in [1.54, 1.807) is 12.5 Å². The number of anilines is 1. The van der Waals surface area contributed by atoms with Crippen LogP contribution in [0.15, 0.2) is 24.7 Å². The maximum atomic E-state index is 10.00. The normalized spacial score (nSPS) is 13.0. The third-order valence-electron chi connectivity index (χ3n) is 4.22. The molecule has 1 aromatic carbocycles. The highest BCUT2D eigenvalue weighted by Gasteiger charge is 2.16. The van der Waals surface area contributed by atoms with Crippen molar-refractivity contribution >= 4 is 37.7 Å². The number of nitrogens with one attached hydrogen (secondary N) is 1. The molecule has 1 atom stereocenters. The summed E-state index contributed by atoms with van der Waals surface area (Å²) < 4.78 is 1.01. The number of benzene rings is 1. The summed E-state index contributed by atoms with van der Waals surface area (Å²) in [5.74, 6) is 0. The number of aromatic amines is 1. The van der Waals surface area contributed by atoms with E-state index in [0.29, 0.717) is 17.2 Å². The number of nitrogens with two attached hydrogens (primary N) is 1. The summed E-state index contributed by atoms with van der Waals surface area (Å²) in [4.78, 5) is 16.5. The fourth-order valence-corrected chi connectivity index (χ4v) is 3.78. The van der Waals surface area contributed by atoms with Crippen molar-refractivity contribution in [3.05, 3.63) is 35.9 Å². The zero-order valence-corrected chi connectivity index (χ0v) is 14.2. The highest BCUT2D eigenvalue weighted by atomic mass is 32.1. The second-order valence-corrected chi connectivity index (χ2v) is 6.83. The van der Waals surface area contributed by atoms with Gasteiger partial charge in [0, 0.05) is 17.3 Å². The van der Waals surface area contributed by atoms with E-state index in [4.69, 9.17) is 5.73 Å². The number of fused-ring (bicyclic) bond motifs is 3. The Hall–Kier alpha value is -2.51. The maximum Gasteiger partial charge on any atom is 0.181 e. The van der Waals surface area contributed by atoms with Gasteiger partial charge >= 0.3 is 0 Å². The summed E-state index contributed by atoms with van der Waals surface area (Å²) in [7, 11) is 0. The van der Waals surface area contributed by atoms with E-state index in [-0.39, 0.29) is 0 Å². The molecule has 0 bridgehead atoms. The molecule has 3 heterocycles. The van der Waals surface area contributed by atoms with Crippen molar-refractivity contribution in [3.63, 3.8) is 0 Å². The van der Waals surface area contributed by atoms with Crippen molar-refractivity contribution in [2.45, 2.75) is 26.4 Å². The van der Waals surface area contributed by atoms with Crippen molar-refractivity contribution in [2.75, 3.05) is 5.73 Å². The predicted octanol–water partition coefficient (Wildman–Crippen LogP) is 3.57. The molecular formula is C17H17N5OS. The first-order valence-corrected chi connectivity index (χ1v) is 8.57. The summed E-state index contributed by atoms with van der Waals surface area (Å²) in [6.45, 7) is 3.95. The van der Waals surface area contributed by atoms with Gasteiger partial charge in [0.2, 0.25) is 0 Å². The smallest absolute Gasteiger partial charge is 0.181 e. The van der Waals surface area contributed by atoms with Gasteiger partial charge in [-0.25, -0.2) is 9.97 Å². The van der Waals surface area contributed by atoms with Gasteiger partial charge in [-0.2, -0.15) is 0 Å². The van der Waals surface area contributed by atoms with Crippen molar-refractivity contribution in [1.82, 2.24) is 19.9 Å². The van der Waals surface area contributed by atoms with E-state index in [2.05, 4.69) is 19.9 Å². The molecule has 4 rings (SSSR count). The topological polar surface area (TPSA) is 101 Å². The molecule has 0 saturated carbocycles. The van der Waals surface area contributed by atoms with Crippen molar-refractivity contribution in [3.8, 4) is 11.1 Å². The molecule has 0 aliphatic rings. The standard InChI is InChI=1S/C17H17N5OS/c1-3-13(23)11-4-8(2)10(6-19-11)9-5-12-16(24-17(18)22-12)15-14(9)20-7-21-15/h4-7,13,23H,3H2,1-2H3,(H2,18,22)(H,20,21). The predicted molar refractivity (Wildman–Crippen MR) is 96.9 cm³/mol. The van der Waals surface area contributed by atoms with Crippen molar-refractivity contribution in [1.29, 1.82) is 0 Å². The molecule has 24 heavy (non-hydrogen) atoms. The average Bonchev–Trinajstić information content (AvgIpc) is 3.18. The average molecular weight is 339 g/mol. The number of H-pyrrole nitrogens is 1. The van der Waals surface area contributed by atoms with E-state index >= 15 is 0 Å². The number of thiazole rings is 1. The van der Waals surface area contributed by atoms with Gasteiger partial charge in [0.15, 0.2) is 5.13 Å². The fourth-order valence-electron chi connectivity index (χ4n) is 2.96. The van der Waals surface area contributed by atoms with Gasteiger partial charge in [0.1, 0.15) is 0 Å². The molecule has 122 valence electrons. The number of nitrogens with zero attached hydrogens (tertiary/aromatic N) is 3. The van der Waals surface area contributed by atoms with E-state index < -0.39 is 6.10 Å². The fraction of sp³-hybridized carbons (Fsp3) is 0.235. The summed E-state index contributed by atoms with van der Waals surface area (Å²) in [5.41, 5.74) is 12.2. The summed E-state index contributed by atoms with van der Waals surface area (Å²) in [6, 6.07) is 3.94. The molecule has 0 aliphatic heterocycles. The highest BCUT2D eigenvalue weighted by Crippen LogP contribution is 2.37. The first-order chi connectivity index (χ1) is 11.6. The van der Waals surface area contributed by atoms with Crippen molar-refractivity contribution < 1.29 is 5.11 Å². The Morgan fingerprint density at radius 3 is 2.88 bits per heavy atom. The number of aliphatic hydroxyl groups is 1. The number of aliphatic hydroxyl groups excluding tert-OH is 1. The van der Waals surface area contributed by atoms with Gasteiger partial charge < -0.3 is 15.8 Å². The lowest BCUT2D eigenvalue weighted by Gasteiger charge is -2.12. The van der Waals surface area contributed by atoms with Crippen LogP contribution in [0.3, 0.4) is 0 Å². The lowest BCUT2D eigenvalue weighted by atomic mass is 9.99. The summed E-state index contributed by atoms with van der Waals surface area (Å²) in [5, 5.41) is 10.5. The van der Waals surface area contributed by atoms with E-state index in [1.165, 1.54) is 11.3 Å². The molecule has 0 aliphatic carbocycles. The Balaban J connectivity index is 1.96. The third kappa shape index (κ3) is 2.24. The number of rotatable bonds is 3. The quantitative estimate of drug-likeness (QED) is 0.530. The number of nitrogen functional groups attached to an aromatic ring is 1. The van der Waals surface area contributed by atoms with Crippen LogP contribution < -0.4 is 5.73 Å². The minimum atomic E-state index is -0.538. The van der Waals surface area contributed by atoms with Crippen LogP contribution in [0.4, 0.5) is 5.13 Å². The maximum absolute atomic E-state index is 10.00. The lowest BCUT2D eigenvalue weighted by Crippen LogP contribution is -2.00. The molecule has 0 amide bonds. The van der Waals surface area contributed by atoms with Gasteiger partial charge in [-0.1, -0.05) is 18.3 Å². The Morgan fingerprint density at radius 1 is 1.29 bits per heavy atom. The van der Waals surface area contributed by atoms with Crippen LogP contribution in [0, 0.1) is 6.92 Å². The summed E-state index contributed by atoms with van der Waals surface area (Å²) >= 11 is 1.45. The molecule has 0 saturated heterocycles. The molecule has 4 aromatic rings. The molecule has 0 fully saturated rings. The minimum absolute atomic E-state index is 0.536. The van der Waals surface area contributed by atoms with E-state index in [1.807, 2.05) is 26.0 Å². The Kier molecular flexibility index (Phi) is 3.47. The Morgan fingerprint density at radius 2 is 2.12 bits per heavy atom. The van der Waals surface area contributed by atoms with E-state index in [9.17, 15) is 5.11 Å². The zero-order valence-electron chi connectivity index (χ0n) is 13.4. The number of pyridine rings is 1. The number of aromatic nitrogens is 4. The van der Waals surface area contributed by atoms with Crippen LogP contribution in [0.5, 0.6) is 0 Å². The molecule has 1 unspecified atom stereocenters. The van der Waals surface area contributed by atoms with Crippen LogP contribution in [-0.2, 0) is 0 Å². The van der Waals surface area contributed by atoms with Gasteiger partial charge in [-0.05, 0) is 31.0 Å². The van der Waals surface area contributed by atoms with Gasteiger partial charge in [0.25, 0.3) is 0 Å². The van der Waals surface area contributed by atoms with Gasteiger partial charge in [-0.3, -0.25) is 4.98 Å². The number of imidazole rings is 1. The zero-order chi connectivity index (χ0) is 16.8. The highest BCUT2D eigenvalue weighted by molar-refractivity contribution is 7.22. The Labute approximate surface area is 142 Å². The molecular weight excluding hydrogens is 322 g/mol. The van der Waals surface area contributed by atoms with Crippen LogP contribution >= 0.6 is 11.3 Å². The monoisotopic (exact) mass is 339 g/mol. The molecule has 4 N–H and O–H groups in total. The molecule has 7 heteroatoms. The van der Waals surface area contributed by atoms with Crippen LogP contribution in [0.1, 0.15) is 30.7 Å². The minimum Gasteiger partial charge on any atom is -0.387 e. The van der Waals surface area contributed by atoms with Gasteiger partial charge in [-0.15, -0.1) is 0 Å². The van der Waals surface area contributed by atoms with E-state index in [0.717, 1.165) is 37.9 Å².